The van der Waals surface area contributed by atoms with E-state index in [9.17, 15) is 0 Å². The van der Waals surface area contributed by atoms with Gasteiger partial charge in [-0.05, 0) is 13.0 Å². The Morgan fingerprint density at radius 1 is 1.33 bits per heavy atom. The van der Waals surface area contributed by atoms with Crippen molar-refractivity contribution in [1.29, 1.82) is 0 Å². The number of hydrogen-bond acceptors (Lipinski definition) is 2. The van der Waals surface area contributed by atoms with Crippen molar-refractivity contribution in [2.24, 2.45) is 0 Å². The lowest BCUT2D eigenvalue weighted by atomic mass is 10.1. The molecule has 2 heteroatoms. The van der Waals surface area contributed by atoms with E-state index in [0.29, 0.717) is 5.54 Å². The Bertz CT molecular complexity index is 136. The summed E-state index contributed by atoms with van der Waals surface area (Å²) in [6.45, 7) is 3.42. The second-order valence-corrected chi connectivity index (χ2v) is 2.88. The van der Waals surface area contributed by atoms with Gasteiger partial charge in [-0.2, -0.15) is 0 Å². The Morgan fingerprint density at radius 2 is 2.22 bits per heavy atom. The van der Waals surface area contributed by atoms with Gasteiger partial charge in [-0.3, -0.25) is 0 Å². The minimum Gasteiger partial charge on any atom is -0.314 e. The molecule has 2 aliphatic rings. The fraction of sp³-hybridized carbons (Fsp3) is 0.714. The van der Waals surface area contributed by atoms with Crippen LogP contribution in [0, 0.1) is 0 Å². The minimum absolute atomic E-state index is 0.372. The van der Waals surface area contributed by atoms with Crippen LogP contribution in [0.15, 0.2) is 12.2 Å². The molecule has 0 aromatic rings. The maximum Gasteiger partial charge on any atom is 0.0618 e. The zero-order valence-corrected chi connectivity index (χ0v) is 5.48. The van der Waals surface area contributed by atoms with Crippen molar-refractivity contribution in [3.63, 3.8) is 0 Å². The fourth-order valence-corrected chi connectivity index (χ4v) is 1.22. The summed E-state index contributed by atoms with van der Waals surface area (Å²) in [4.78, 5) is 0. The van der Waals surface area contributed by atoms with Gasteiger partial charge < -0.3 is 10.6 Å². The molecule has 9 heavy (non-hydrogen) atoms. The zero-order valence-electron chi connectivity index (χ0n) is 5.48. The van der Waals surface area contributed by atoms with E-state index >= 15 is 0 Å². The van der Waals surface area contributed by atoms with E-state index in [1.54, 1.807) is 0 Å². The average molecular weight is 124 g/mol. The topological polar surface area (TPSA) is 34.0 Å². The van der Waals surface area contributed by atoms with Gasteiger partial charge >= 0.3 is 0 Å². The van der Waals surface area contributed by atoms with Crippen molar-refractivity contribution in [2.75, 3.05) is 19.6 Å². The van der Waals surface area contributed by atoms with Gasteiger partial charge in [0.1, 0.15) is 0 Å². The van der Waals surface area contributed by atoms with Gasteiger partial charge in [0, 0.05) is 13.1 Å². The largest absolute Gasteiger partial charge is 0.314 e. The summed E-state index contributed by atoms with van der Waals surface area (Å²) in [6.07, 6.45) is 5.75. The maximum atomic E-state index is 3.38. The molecular formula is C7H12N2. The van der Waals surface area contributed by atoms with E-state index in [1.807, 2.05) is 0 Å². The monoisotopic (exact) mass is 124 g/mol. The molecule has 2 aliphatic heterocycles. The molecule has 2 N–H and O–H groups in total. The van der Waals surface area contributed by atoms with Crippen LogP contribution in [0.5, 0.6) is 0 Å². The molecular weight excluding hydrogens is 112 g/mol. The first-order chi connectivity index (χ1) is 4.41. The molecule has 0 saturated carbocycles. The molecule has 0 aromatic carbocycles. The van der Waals surface area contributed by atoms with Gasteiger partial charge in [0.25, 0.3) is 0 Å². The third-order valence-electron chi connectivity index (χ3n) is 2.00. The molecule has 2 nitrogen and oxygen atoms in total. The Morgan fingerprint density at radius 3 is 3.00 bits per heavy atom. The fourth-order valence-electron chi connectivity index (χ4n) is 1.22. The van der Waals surface area contributed by atoms with Crippen LogP contribution in [0.4, 0.5) is 0 Å². The first-order valence-corrected chi connectivity index (χ1v) is 3.55. The van der Waals surface area contributed by atoms with Crippen molar-refractivity contribution in [3.05, 3.63) is 12.2 Å². The summed E-state index contributed by atoms with van der Waals surface area (Å²) in [6, 6.07) is 0. The van der Waals surface area contributed by atoms with Gasteiger partial charge in [0.2, 0.25) is 0 Å². The molecule has 0 amide bonds. The lowest BCUT2D eigenvalue weighted by molar-refractivity contribution is 0.640. The highest BCUT2D eigenvalue weighted by atomic mass is 15.2. The number of rotatable bonds is 0. The van der Waals surface area contributed by atoms with Crippen molar-refractivity contribution in [1.82, 2.24) is 10.6 Å². The van der Waals surface area contributed by atoms with Crippen molar-refractivity contribution < 1.29 is 0 Å². The maximum absolute atomic E-state index is 3.38. The predicted molar refractivity (Wildman–Crippen MR) is 37.4 cm³/mol. The summed E-state index contributed by atoms with van der Waals surface area (Å²) in [5.41, 5.74) is 0.372. The predicted octanol–water partition coefficient (Wildman–Crippen LogP) is -0.122. The molecule has 2 heterocycles. The van der Waals surface area contributed by atoms with E-state index in [-0.39, 0.29) is 0 Å². The first kappa shape index (κ1) is 5.45. The number of hydrogen-bond donors (Lipinski definition) is 2. The van der Waals surface area contributed by atoms with Crippen LogP contribution in [0.25, 0.3) is 0 Å². The van der Waals surface area contributed by atoms with E-state index in [1.165, 1.54) is 6.42 Å². The van der Waals surface area contributed by atoms with E-state index in [4.69, 9.17) is 0 Å². The third-order valence-corrected chi connectivity index (χ3v) is 2.00. The quantitative estimate of drug-likeness (QED) is 0.348. The van der Waals surface area contributed by atoms with Gasteiger partial charge in [-0.15, -0.1) is 0 Å². The molecule has 1 saturated heterocycles. The summed E-state index contributed by atoms with van der Waals surface area (Å²) >= 11 is 0. The summed E-state index contributed by atoms with van der Waals surface area (Å²) in [7, 11) is 0. The van der Waals surface area contributed by atoms with Gasteiger partial charge in [0.15, 0.2) is 0 Å². The molecule has 0 aliphatic carbocycles. The van der Waals surface area contributed by atoms with E-state index < -0.39 is 0 Å². The van der Waals surface area contributed by atoms with Crippen molar-refractivity contribution in [2.45, 2.75) is 12.0 Å². The smallest absolute Gasteiger partial charge is 0.0618 e. The summed E-state index contributed by atoms with van der Waals surface area (Å²) in [5.74, 6) is 0. The molecule has 1 unspecified atom stereocenters. The molecule has 1 atom stereocenters. The van der Waals surface area contributed by atoms with Crippen LogP contribution in [-0.2, 0) is 0 Å². The van der Waals surface area contributed by atoms with Crippen LogP contribution in [0.2, 0.25) is 0 Å². The number of nitrogens with one attached hydrogen (secondary N) is 2. The SMILES string of the molecule is C1=CC2(CNCC1)CN2. The standard InChI is InChI=1S/C7H12N2/c1-2-4-8-5-7(3-1)6-9-7/h1,3,8-9H,2,4-6H2. The second-order valence-electron chi connectivity index (χ2n) is 2.88. The molecule has 0 aromatic heterocycles. The van der Waals surface area contributed by atoms with Gasteiger partial charge in [0.05, 0.1) is 5.54 Å². The molecule has 1 spiro atoms. The Kier molecular flexibility index (Phi) is 1.10. The summed E-state index contributed by atoms with van der Waals surface area (Å²) in [5, 5.41) is 6.72. The molecule has 0 radical (unpaired) electrons. The highest BCUT2D eigenvalue weighted by Gasteiger charge is 2.38. The average Bonchev–Trinajstić information content (AvgIpc) is 2.64. The van der Waals surface area contributed by atoms with Gasteiger partial charge in [-0.25, -0.2) is 0 Å². The van der Waals surface area contributed by atoms with E-state index in [0.717, 1.165) is 19.6 Å². The van der Waals surface area contributed by atoms with Crippen LogP contribution >= 0.6 is 0 Å². The van der Waals surface area contributed by atoms with Crippen molar-refractivity contribution >= 4 is 0 Å². The molecule has 1 fully saturated rings. The molecule has 0 bridgehead atoms. The lowest BCUT2D eigenvalue weighted by Gasteiger charge is -2.04. The third kappa shape index (κ3) is 1.00. The van der Waals surface area contributed by atoms with Crippen LogP contribution < -0.4 is 10.6 Å². The summed E-state index contributed by atoms with van der Waals surface area (Å²) < 4.78 is 0. The van der Waals surface area contributed by atoms with E-state index in [2.05, 4.69) is 22.8 Å². The Balaban J connectivity index is 2.05. The molecule has 2 rings (SSSR count). The molecule has 50 valence electrons. The Hall–Kier alpha value is -0.340. The van der Waals surface area contributed by atoms with Crippen LogP contribution in [0.3, 0.4) is 0 Å². The highest BCUT2D eigenvalue weighted by Crippen LogP contribution is 2.18. The second kappa shape index (κ2) is 1.82. The highest BCUT2D eigenvalue weighted by molar-refractivity contribution is 5.20. The Labute approximate surface area is 55.3 Å². The zero-order chi connectivity index (χ0) is 6.16. The lowest BCUT2D eigenvalue weighted by Crippen LogP contribution is -2.29. The van der Waals surface area contributed by atoms with Gasteiger partial charge in [-0.1, -0.05) is 12.2 Å². The normalized spacial score (nSPS) is 40.9. The van der Waals surface area contributed by atoms with Crippen molar-refractivity contribution in [3.8, 4) is 0 Å². The van der Waals surface area contributed by atoms with Crippen LogP contribution in [-0.4, -0.2) is 25.2 Å². The first-order valence-electron chi connectivity index (χ1n) is 3.55. The minimum atomic E-state index is 0.372. The van der Waals surface area contributed by atoms with Crippen LogP contribution in [0.1, 0.15) is 6.42 Å².